The van der Waals surface area contributed by atoms with Gasteiger partial charge < -0.3 is 10.1 Å². The van der Waals surface area contributed by atoms with Gasteiger partial charge >= 0.3 is 0 Å². The van der Waals surface area contributed by atoms with Gasteiger partial charge in [0.25, 0.3) is 5.56 Å². The summed E-state index contributed by atoms with van der Waals surface area (Å²) in [7, 11) is 0. The number of hydrogen-bond acceptors (Lipinski definition) is 5. The Morgan fingerprint density at radius 2 is 2.48 bits per heavy atom. The molecule has 2 atom stereocenters. The van der Waals surface area contributed by atoms with Crippen molar-refractivity contribution in [2.45, 2.75) is 43.5 Å². The summed E-state index contributed by atoms with van der Waals surface area (Å²) in [6.45, 7) is 3.10. The highest BCUT2D eigenvalue weighted by Crippen LogP contribution is 2.31. The summed E-state index contributed by atoms with van der Waals surface area (Å²) in [6.07, 6.45) is 4.13. The van der Waals surface area contributed by atoms with Crippen molar-refractivity contribution in [1.29, 1.82) is 0 Å². The normalized spacial score (nSPS) is 24.0. The first-order valence-electron chi connectivity index (χ1n) is 7.24. The maximum Gasteiger partial charge on any atom is 0.257 e. The van der Waals surface area contributed by atoms with E-state index in [9.17, 15) is 9.59 Å². The van der Waals surface area contributed by atoms with E-state index in [4.69, 9.17) is 4.74 Å². The number of carbonyl (C=O) groups excluding carboxylic acids is 1. The summed E-state index contributed by atoms with van der Waals surface area (Å²) in [4.78, 5) is 28.5. The van der Waals surface area contributed by atoms with Gasteiger partial charge in [-0.3, -0.25) is 14.2 Å². The number of nitrogens with one attached hydrogen (secondary N) is 1. The Labute approximate surface area is 127 Å². The first-order chi connectivity index (χ1) is 10.1. The topological polar surface area (TPSA) is 73.2 Å². The third-order valence-corrected chi connectivity index (χ3v) is 4.98. The van der Waals surface area contributed by atoms with Crippen LogP contribution in [0.5, 0.6) is 0 Å². The van der Waals surface area contributed by atoms with Crippen LogP contribution in [-0.2, 0) is 9.53 Å². The van der Waals surface area contributed by atoms with Gasteiger partial charge in [-0.1, -0.05) is 11.8 Å². The van der Waals surface area contributed by atoms with Gasteiger partial charge in [-0.2, -0.15) is 0 Å². The fraction of sp³-hybridized carbons (Fsp3) is 0.643. The molecular weight excluding hydrogens is 290 g/mol. The molecular formula is C14H19N3O3S. The highest BCUT2D eigenvalue weighted by atomic mass is 32.2. The third kappa shape index (κ3) is 3.13. The van der Waals surface area contributed by atoms with E-state index in [-0.39, 0.29) is 23.6 Å². The Morgan fingerprint density at radius 1 is 1.62 bits per heavy atom. The lowest BCUT2D eigenvalue weighted by molar-refractivity contribution is -0.122. The Bertz CT molecular complexity index is 596. The first-order valence-corrected chi connectivity index (χ1v) is 8.23. The number of hydrogen-bond donors (Lipinski definition) is 1. The second-order valence-corrected chi connectivity index (χ2v) is 6.49. The average Bonchev–Trinajstić information content (AvgIpc) is 3.11. The van der Waals surface area contributed by atoms with Crippen LogP contribution >= 0.6 is 11.8 Å². The zero-order chi connectivity index (χ0) is 14.8. The van der Waals surface area contributed by atoms with E-state index in [0.29, 0.717) is 23.7 Å². The number of ether oxygens (including phenoxy) is 1. The molecule has 1 amide bonds. The first kappa shape index (κ1) is 14.6. The lowest BCUT2D eigenvalue weighted by atomic mass is 10.2. The largest absolute Gasteiger partial charge is 0.376 e. The van der Waals surface area contributed by atoms with Crippen LogP contribution in [0.4, 0.5) is 0 Å². The predicted octanol–water partition coefficient (Wildman–Crippen LogP) is 0.884. The maximum absolute atomic E-state index is 12.2. The summed E-state index contributed by atoms with van der Waals surface area (Å²) in [5, 5.41) is 3.62. The molecule has 1 aromatic rings. The highest BCUT2D eigenvalue weighted by molar-refractivity contribution is 7.99. The van der Waals surface area contributed by atoms with Gasteiger partial charge in [-0.05, 0) is 19.8 Å². The molecule has 114 valence electrons. The van der Waals surface area contributed by atoms with Crippen LogP contribution in [0, 0.1) is 6.92 Å². The summed E-state index contributed by atoms with van der Waals surface area (Å²) in [5.41, 5.74) is 0.577. The number of thioether (sulfide) groups is 1. The number of amides is 1. The SMILES string of the molecule is Cc1cnc2n(c1=O)[C@H](CC(=O)NC[C@@H]1CCCO1)CS2. The quantitative estimate of drug-likeness (QED) is 0.836. The summed E-state index contributed by atoms with van der Waals surface area (Å²) >= 11 is 1.53. The minimum absolute atomic E-state index is 0.0302. The Kier molecular flexibility index (Phi) is 4.30. The molecule has 6 nitrogen and oxygen atoms in total. The zero-order valence-corrected chi connectivity index (χ0v) is 12.8. The summed E-state index contributed by atoms with van der Waals surface area (Å²) in [6, 6.07) is -0.102. The van der Waals surface area contributed by atoms with Crippen LogP contribution in [0.15, 0.2) is 16.1 Å². The van der Waals surface area contributed by atoms with E-state index in [1.54, 1.807) is 17.7 Å². The van der Waals surface area contributed by atoms with Crippen LogP contribution < -0.4 is 10.9 Å². The predicted molar refractivity (Wildman–Crippen MR) is 79.6 cm³/mol. The standard InChI is InChI=1S/C14H19N3O3S/c1-9-6-16-14-17(13(9)19)10(8-21-14)5-12(18)15-7-11-3-2-4-20-11/h6,10-11H,2-5,7-8H2,1H3,(H,15,18)/t10-,11+/m1/s1. The molecule has 2 aliphatic rings. The van der Waals surface area contributed by atoms with Crippen molar-refractivity contribution >= 4 is 17.7 Å². The lowest BCUT2D eigenvalue weighted by Gasteiger charge is -2.15. The van der Waals surface area contributed by atoms with Gasteiger partial charge in [0.1, 0.15) is 0 Å². The third-order valence-electron chi connectivity index (χ3n) is 3.87. The van der Waals surface area contributed by atoms with Gasteiger partial charge in [0.2, 0.25) is 5.91 Å². The van der Waals surface area contributed by atoms with Crippen LogP contribution in [0.25, 0.3) is 0 Å². The smallest absolute Gasteiger partial charge is 0.257 e. The fourth-order valence-electron chi connectivity index (χ4n) is 2.69. The molecule has 1 N–H and O–H groups in total. The second-order valence-electron chi connectivity index (χ2n) is 5.51. The van der Waals surface area contributed by atoms with Gasteiger partial charge in [-0.15, -0.1) is 0 Å². The van der Waals surface area contributed by atoms with Crippen molar-refractivity contribution in [3.63, 3.8) is 0 Å². The van der Waals surface area contributed by atoms with E-state index in [1.165, 1.54) is 11.8 Å². The Morgan fingerprint density at radius 3 is 3.24 bits per heavy atom. The number of rotatable bonds is 4. The molecule has 21 heavy (non-hydrogen) atoms. The molecule has 2 aliphatic heterocycles. The second kappa shape index (κ2) is 6.19. The number of nitrogens with zero attached hydrogens (tertiary/aromatic N) is 2. The van der Waals surface area contributed by atoms with Crippen molar-refractivity contribution in [2.75, 3.05) is 18.9 Å². The molecule has 1 fully saturated rings. The summed E-state index contributed by atoms with van der Waals surface area (Å²) in [5.74, 6) is 0.691. The number of aryl methyl sites for hydroxylation is 1. The van der Waals surface area contributed by atoms with Crippen molar-refractivity contribution in [1.82, 2.24) is 14.9 Å². The van der Waals surface area contributed by atoms with E-state index >= 15 is 0 Å². The van der Waals surface area contributed by atoms with Crippen LogP contribution in [0.1, 0.15) is 30.9 Å². The average molecular weight is 309 g/mol. The van der Waals surface area contributed by atoms with Crippen molar-refractivity contribution < 1.29 is 9.53 Å². The van der Waals surface area contributed by atoms with E-state index < -0.39 is 0 Å². The Balaban J connectivity index is 1.61. The number of carbonyl (C=O) groups is 1. The maximum atomic E-state index is 12.2. The number of fused-ring (bicyclic) bond motifs is 1. The Hall–Kier alpha value is -1.34. The molecule has 3 heterocycles. The monoisotopic (exact) mass is 309 g/mol. The lowest BCUT2D eigenvalue weighted by Crippen LogP contribution is -2.35. The number of aromatic nitrogens is 2. The van der Waals surface area contributed by atoms with E-state index in [0.717, 1.165) is 25.2 Å². The van der Waals surface area contributed by atoms with Crippen molar-refractivity contribution in [3.05, 3.63) is 22.1 Å². The highest BCUT2D eigenvalue weighted by Gasteiger charge is 2.28. The van der Waals surface area contributed by atoms with Gasteiger partial charge in [0, 0.05) is 37.1 Å². The minimum atomic E-state index is -0.102. The van der Waals surface area contributed by atoms with Gasteiger partial charge in [0.15, 0.2) is 5.16 Å². The minimum Gasteiger partial charge on any atom is -0.376 e. The molecule has 0 radical (unpaired) electrons. The molecule has 0 spiro atoms. The molecule has 1 aromatic heterocycles. The van der Waals surface area contributed by atoms with E-state index in [2.05, 4.69) is 10.3 Å². The molecule has 0 aromatic carbocycles. The van der Waals surface area contributed by atoms with Crippen LogP contribution in [0.3, 0.4) is 0 Å². The van der Waals surface area contributed by atoms with Crippen LogP contribution in [0.2, 0.25) is 0 Å². The van der Waals surface area contributed by atoms with Crippen molar-refractivity contribution in [2.24, 2.45) is 0 Å². The van der Waals surface area contributed by atoms with Gasteiger partial charge in [0.05, 0.1) is 12.1 Å². The van der Waals surface area contributed by atoms with Crippen molar-refractivity contribution in [3.8, 4) is 0 Å². The molecule has 0 bridgehead atoms. The molecule has 1 saturated heterocycles. The zero-order valence-electron chi connectivity index (χ0n) is 12.0. The molecule has 0 unspecified atom stereocenters. The fourth-order valence-corrected chi connectivity index (χ4v) is 3.80. The van der Waals surface area contributed by atoms with Gasteiger partial charge in [-0.25, -0.2) is 4.98 Å². The van der Waals surface area contributed by atoms with Crippen LogP contribution in [-0.4, -0.2) is 40.5 Å². The molecule has 3 rings (SSSR count). The molecule has 7 heteroatoms. The molecule has 0 saturated carbocycles. The summed E-state index contributed by atoms with van der Waals surface area (Å²) < 4.78 is 7.14. The van der Waals surface area contributed by atoms with E-state index in [1.807, 2.05) is 0 Å². The molecule has 0 aliphatic carbocycles.